The lowest BCUT2D eigenvalue weighted by Crippen LogP contribution is -2.16. The van der Waals surface area contributed by atoms with Crippen LogP contribution < -0.4 is 5.32 Å². The minimum atomic E-state index is 0.817. The molecule has 3 aromatic rings. The third-order valence-corrected chi connectivity index (χ3v) is 3.00. The van der Waals surface area contributed by atoms with Crippen LogP contribution in [0, 0.1) is 0 Å². The number of nitrogens with one attached hydrogen (secondary N) is 1. The molecular formula is C15H15NO2. The molecular weight excluding hydrogens is 226 g/mol. The van der Waals surface area contributed by atoms with E-state index in [-0.39, 0.29) is 0 Å². The Morgan fingerprint density at radius 1 is 1.00 bits per heavy atom. The third-order valence-electron chi connectivity index (χ3n) is 3.00. The zero-order valence-corrected chi connectivity index (χ0v) is 10.1. The zero-order valence-electron chi connectivity index (χ0n) is 10.1. The molecule has 0 aliphatic carbocycles. The summed E-state index contributed by atoms with van der Waals surface area (Å²) in [5.74, 6) is 1.01. The lowest BCUT2D eigenvalue weighted by atomic mass is 10.2. The fraction of sp³-hybridized carbons (Fsp3) is 0.200. The van der Waals surface area contributed by atoms with Gasteiger partial charge in [-0.2, -0.15) is 0 Å². The van der Waals surface area contributed by atoms with Gasteiger partial charge >= 0.3 is 0 Å². The molecule has 1 N–H and O–H groups in total. The number of fused-ring (bicyclic) bond motifs is 1. The van der Waals surface area contributed by atoms with E-state index in [9.17, 15) is 0 Å². The number of hydrogen-bond donors (Lipinski definition) is 1. The summed E-state index contributed by atoms with van der Waals surface area (Å²) in [4.78, 5) is 0. The maximum Gasteiger partial charge on any atom is 0.134 e. The smallest absolute Gasteiger partial charge is 0.134 e. The molecule has 2 aromatic heterocycles. The summed E-state index contributed by atoms with van der Waals surface area (Å²) in [6, 6.07) is 12.0. The van der Waals surface area contributed by atoms with Gasteiger partial charge in [-0.05, 0) is 18.2 Å². The number of hydrogen-bond acceptors (Lipinski definition) is 3. The van der Waals surface area contributed by atoms with E-state index in [1.54, 1.807) is 6.26 Å². The van der Waals surface area contributed by atoms with Gasteiger partial charge in [0.2, 0.25) is 0 Å². The fourth-order valence-corrected chi connectivity index (χ4v) is 2.06. The van der Waals surface area contributed by atoms with E-state index in [0.29, 0.717) is 0 Å². The summed E-state index contributed by atoms with van der Waals surface area (Å²) in [5, 5.41) is 4.58. The van der Waals surface area contributed by atoms with Crippen LogP contribution in [0.3, 0.4) is 0 Å². The second kappa shape index (κ2) is 5.10. The van der Waals surface area contributed by atoms with Crippen LogP contribution in [-0.2, 0) is 13.0 Å². The lowest BCUT2D eigenvalue weighted by molar-refractivity contribution is 0.498. The Hall–Kier alpha value is -2.00. The summed E-state index contributed by atoms with van der Waals surface area (Å²) in [5.41, 5.74) is 2.14. The van der Waals surface area contributed by atoms with Gasteiger partial charge in [0.15, 0.2) is 0 Å². The van der Waals surface area contributed by atoms with E-state index < -0.39 is 0 Å². The average molecular weight is 241 g/mol. The Kier molecular flexibility index (Phi) is 3.15. The Labute approximate surface area is 105 Å². The molecule has 3 nitrogen and oxygen atoms in total. The number of furan rings is 2. The summed E-state index contributed by atoms with van der Waals surface area (Å²) in [6.07, 6.45) is 4.44. The molecule has 0 aliphatic heterocycles. The highest BCUT2D eigenvalue weighted by Crippen LogP contribution is 2.20. The molecule has 0 bridgehead atoms. The molecule has 0 atom stereocenters. The second-order valence-corrected chi connectivity index (χ2v) is 4.26. The molecule has 92 valence electrons. The SMILES string of the molecule is c1coc(CCNCc2coc3ccccc23)c1. The molecule has 0 radical (unpaired) electrons. The molecule has 0 saturated carbocycles. The molecule has 0 aliphatic rings. The highest BCUT2D eigenvalue weighted by atomic mass is 16.3. The monoisotopic (exact) mass is 241 g/mol. The van der Waals surface area contributed by atoms with E-state index in [1.165, 1.54) is 10.9 Å². The Morgan fingerprint density at radius 2 is 1.94 bits per heavy atom. The van der Waals surface area contributed by atoms with E-state index >= 15 is 0 Å². The van der Waals surface area contributed by atoms with Crippen molar-refractivity contribution in [3.05, 3.63) is 60.2 Å². The number of rotatable bonds is 5. The molecule has 0 spiro atoms. The van der Waals surface area contributed by atoms with Gasteiger partial charge in [0.25, 0.3) is 0 Å². The summed E-state index contributed by atoms with van der Waals surface area (Å²) in [6.45, 7) is 1.71. The van der Waals surface area contributed by atoms with Gasteiger partial charge in [0.1, 0.15) is 11.3 Å². The molecule has 2 heterocycles. The van der Waals surface area contributed by atoms with Crippen LogP contribution in [0.5, 0.6) is 0 Å². The molecule has 0 saturated heterocycles. The lowest BCUT2D eigenvalue weighted by Gasteiger charge is -2.01. The summed E-state index contributed by atoms with van der Waals surface area (Å²) >= 11 is 0. The van der Waals surface area contributed by atoms with Crippen molar-refractivity contribution in [3.8, 4) is 0 Å². The fourth-order valence-electron chi connectivity index (χ4n) is 2.06. The van der Waals surface area contributed by atoms with Gasteiger partial charge in [-0.3, -0.25) is 0 Å². The third kappa shape index (κ3) is 2.31. The first kappa shape index (κ1) is 11.1. The Balaban J connectivity index is 1.57. The highest BCUT2D eigenvalue weighted by molar-refractivity contribution is 5.80. The van der Waals surface area contributed by atoms with Crippen molar-refractivity contribution in [2.75, 3.05) is 6.54 Å². The minimum absolute atomic E-state index is 0.817. The first-order valence-electron chi connectivity index (χ1n) is 6.12. The van der Waals surface area contributed by atoms with Crippen LogP contribution in [-0.4, -0.2) is 6.54 Å². The van der Waals surface area contributed by atoms with Crippen LogP contribution in [0.15, 0.2) is 57.8 Å². The topological polar surface area (TPSA) is 38.3 Å². The molecule has 0 fully saturated rings. The van der Waals surface area contributed by atoms with Gasteiger partial charge in [0.05, 0.1) is 12.5 Å². The van der Waals surface area contributed by atoms with Gasteiger partial charge in [-0.25, -0.2) is 0 Å². The number of benzene rings is 1. The number of para-hydroxylation sites is 1. The average Bonchev–Trinajstić information content (AvgIpc) is 3.04. The molecule has 0 unspecified atom stereocenters. The summed E-state index contributed by atoms with van der Waals surface area (Å²) < 4.78 is 10.8. The van der Waals surface area contributed by atoms with Crippen molar-refractivity contribution in [1.82, 2.24) is 5.32 Å². The molecule has 3 heteroatoms. The zero-order chi connectivity index (χ0) is 12.2. The van der Waals surface area contributed by atoms with Crippen LogP contribution in [0.1, 0.15) is 11.3 Å². The van der Waals surface area contributed by atoms with Crippen molar-refractivity contribution >= 4 is 11.0 Å². The first-order chi connectivity index (χ1) is 8.93. The van der Waals surface area contributed by atoms with E-state index in [2.05, 4.69) is 11.4 Å². The quantitative estimate of drug-likeness (QED) is 0.696. The van der Waals surface area contributed by atoms with Crippen molar-refractivity contribution in [2.24, 2.45) is 0 Å². The van der Waals surface area contributed by atoms with E-state index in [4.69, 9.17) is 8.83 Å². The van der Waals surface area contributed by atoms with Gasteiger partial charge in [-0.1, -0.05) is 18.2 Å². The van der Waals surface area contributed by atoms with Crippen molar-refractivity contribution in [3.63, 3.8) is 0 Å². The molecule has 18 heavy (non-hydrogen) atoms. The normalized spacial score (nSPS) is 11.1. The van der Waals surface area contributed by atoms with Crippen LogP contribution in [0.25, 0.3) is 11.0 Å². The van der Waals surface area contributed by atoms with Gasteiger partial charge < -0.3 is 14.2 Å². The molecule has 3 rings (SSSR count). The van der Waals surface area contributed by atoms with Crippen molar-refractivity contribution in [2.45, 2.75) is 13.0 Å². The predicted octanol–water partition coefficient (Wildman–Crippen LogP) is 3.36. The largest absolute Gasteiger partial charge is 0.469 e. The van der Waals surface area contributed by atoms with Crippen molar-refractivity contribution < 1.29 is 8.83 Å². The molecule has 1 aromatic carbocycles. The Morgan fingerprint density at radius 3 is 2.83 bits per heavy atom. The highest BCUT2D eigenvalue weighted by Gasteiger charge is 2.04. The van der Waals surface area contributed by atoms with Crippen LogP contribution in [0.2, 0.25) is 0 Å². The standard InChI is InChI=1S/C15H15NO2/c1-2-6-15-14(5-1)12(11-18-15)10-16-8-7-13-4-3-9-17-13/h1-6,9,11,16H,7-8,10H2. The second-order valence-electron chi connectivity index (χ2n) is 4.26. The van der Waals surface area contributed by atoms with Gasteiger partial charge in [0, 0.05) is 30.5 Å². The Bertz CT molecular complexity index is 610. The van der Waals surface area contributed by atoms with Crippen LogP contribution in [0.4, 0.5) is 0 Å². The van der Waals surface area contributed by atoms with Crippen molar-refractivity contribution in [1.29, 1.82) is 0 Å². The first-order valence-corrected chi connectivity index (χ1v) is 6.12. The maximum absolute atomic E-state index is 5.49. The van der Waals surface area contributed by atoms with E-state index in [1.807, 2.05) is 36.6 Å². The maximum atomic E-state index is 5.49. The summed E-state index contributed by atoms with van der Waals surface area (Å²) in [7, 11) is 0. The van der Waals surface area contributed by atoms with Gasteiger partial charge in [-0.15, -0.1) is 0 Å². The van der Waals surface area contributed by atoms with E-state index in [0.717, 1.165) is 30.9 Å². The van der Waals surface area contributed by atoms with Crippen LogP contribution >= 0.6 is 0 Å². The minimum Gasteiger partial charge on any atom is -0.469 e. The molecule has 0 amide bonds. The predicted molar refractivity (Wildman–Crippen MR) is 70.3 cm³/mol.